The van der Waals surface area contributed by atoms with Crippen molar-refractivity contribution in [2.24, 2.45) is 5.73 Å². The molecule has 1 amide bonds. The molecular weight excluding hydrogens is 386 g/mol. The maximum Gasteiger partial charge on any atom is 0.249 e. The van der Waals surface area contributed by atoms with Gasteiger partial charge in [-0.15, -0.1) is 11.3 Å². The van der Waals surface area contributed by atoms with Crippen molar-refractivity contribution in [1.29, 1.82) is 0 Å². The smallest absolute Gasteiger partial charge is 0.249 e. The van der Waals surface area contributed by atoms with Crippen LogP contribution < -0.4 is 15.8 Å². The molecule has 4 heterocycles. The number of carbonyl (C=O) groups excluding carboxylic acids is 1. The largest absolute Gasteiger partial charge is 0.477 e. The van der Waals surface area contributed by atoms with Crippen molar-refractivity contribution >= 4 is 34.0 Å². The number of hydrogen-bond donors (Lipinski definition) is 2. The molecule has 0 atom stereocenters. The van der Waals surface area contributed by atoms with E-state index < -0.39 is 5.91 Å². The van der Waals surface area contributed by atoms with E-state index in [1.54, 1.807) is 17.4 Å². The highest BCUT2D eigenvalue weighted by Gasteiger charge is 2.23. The summed E-state index contributed by atoms with van der Waals surface area (Å²) in [7, 11) is 0. The summed E-state index contributed by atoms with van der Waals surface area (Å²) in [6.07, 6.45) is 0.777. The number of amides is 1. The van der Waals surface area contributed by atoms with E-state index in [-0.39, 0.29) is 0 Å². The lowest BCUT2D eigenvalue weighted by Crippen LogP contribution is -2.11. The predicted molar refractivity (Wildman–Crippen MR) is 113 cm³/mol. The minimum absolute atomic E-state index is 0.454. The first kappa shape index (κ1) is 17.7. The van der Waals surface area contributed by atoms with Crippen LogP contribution in [0.3, 0.4) is 0 Å². The first-order valence-electron chi connectivity index (χ1n) is 9.33. The van der Waals surface area contributed by atoms with Gasteiger partial charge in [-0.3, -0.25) is 9.36 Å². The van der Waals surface area contributed by atoms with Crippen molar-refractivity contribution in [2.45, 2.75) is 19.9 Å². The average Bonchev–Trinajstić information content (AvgIpc) is 3.44. The molecule has 3 aromatic heterocycles. The lowest BCUT2D eigenvalue weighted by molar-refractivity contribution is 0.100. The normalized spacial score (nSPS) is 12.7. The van der Waals surface area contributed by atoms with Crippen LogP contribution in [0.15, 0.2) is 41.8 Å². The molecule has 4 aromatic rings. The van der Waals surface area contributed by atoms with Gasteiger partial charge < -0.3 is 15.8 Å². The van der Waals surface area contributed by atoms with Gasteiger partial charge in [-0.2, -0.15) is 9.97 Å². The number of carbonyl (C=O) groups is 1. The molecule has 0 bridgehead atoms. The molecule has 0 saturated heterocycles. The third-order valence-electron chi connectivity index (χ3n) is 5.05. The third kappa shape index (κ3) is 3.01. The van der Waals surface area contributed by atoms with Crippen LogP contribution in [0.2, 0.25) is 0 Å². The van der Waals surface area contributed by atoms with E-state index in [2.05, 4.69) is 21.7 Å². The first-order valence-corrected chi connectivity index (χ1v) is 10.2. The molecule has 7 nitrogen and oxygen atoms in total. The number of nitrogens with one attached hydrogen (secondary N) is 1. The topological polar surface area (TPSA) is 95.1 Å². The molecule has 0 saturated carbocycles. The number of aromatic nitrogens is 3. The summed E-state index contributed by atoms with van der Waals surface area (Å²) < 4.78 is 7.68. The zero-order valence-corrected chi connectivity index (χ0v) is 16.6. The van der Waals surface area contributed by atoms with Crippen molar-refractivity contribution in [3.63, 3.8) is 0 Å². The van der Waals surface area contributed by atoms with E-state index in [0.29, 0.717) is 30.5 Å². The number of nitrogens with zero attached hydrogens (tertiary/aromatic N) is 3. The fourth-order valence-electron chi connectivity index (χ4n) is 3.72. The number of benzene rings is 1. The second kappa shape index (κ2) is 6.89. The van der Waals surface area contributed by atoms with E-state index in [4.69, 9.17) is 15.5 Å². The van der Waals surface area contributed by atoms with E-state index in [0.717, 1.165) is 34.4 Å². The Balaban J connectivity index is 1.63. The summed E-state index contributed by atoms with van der Waals surface area (Å²) in [6.45, 7) is 3.25. The highest BCUT2D eigenvalue weighted by atomic mass is 32.1. The number of thiophene rings is 1. The quantitative estimate of drug-likeness (QED) is 0.530. The van der Waals surface area contributed by atoms with Crippen LogP contribution in [-0.4, -0.2) is 27.0 Å². The Bertz CT molecular complexity index is 1230. The summed E-state index contributed by atoms with van der Waals surface area (Å²) in [5, 5.41) is 6.28. The lowest BCUT2D eigenvalue weighted by atomic mass is 10.1. The van der Waals surface area contributed by atoms with Crippen molar-refractivity contribution in [3.05, 3.63) is 63.5 Å². The maximum atomic E-state index is 11.8. The molecule has 3 N–H and O–H groups in total. The van der Waals surface area contributed by atoms with Crippen LogP contribution in [0.5, 0.6) is 5.88 Å². The van der Waals surface area contributed by atoms with Gasteiger partial charge >= 0.3 is 0 Å². The number of anilines is 1. The zero-order chi connectivity index (χ0) is 20.0. The van der Waals surface area contributed by atoms with E-state index in [1.807, 2.05) is 35.8 Å². The summed E-state index contributed by atoms with van der Waals surface area (Å²) in [5.74, 6) is 1.44. The highest BCUT2D eigenvalue weighted by molar-refractivity contribution is 7.09. The van der Waals surface area contributed by atoms with Gasteiger partial charge in [0, 0.05) is 27.9 Å². The Hall–Kier alpha value is -3.39. The third-order valence-corrected chi connectivity index (χ3v) is 5.93. The van der Waals surface area contributed by atoms with Crippen LogP contribution in [0, 0.1) is 6.92 Å². The predicted octanol–water partition coefficient (Wildman–Crippen LogP) is 3.44. The van der Waals surface area contributed by atoms with Gasteiger partial charge in [-0.25, -0.2) is 0 Å². The molecule has 1 aliphatic heterocycles. The number of hydrogen-bond acceptors (Lipinski definition) is 6. The summed E-state index contributed by atoms with van der Waals surface area (Å²) >= 11 is 1.70. The minimum Gasteiger partial charge on any atom is -0.477 e. The molecule has 1 aliphatic rings. The standard InChI is InChI=1S/C21H19N5O2S/c1-12-10-16-14(18(22)27)5-2-6-17(16)26(12)21-24-19(15-7-8-28-20(15)25-21)23-11-13-4-3-9-29-13/h2-6,9-10H,7-8,11H2,1H3,(H2,22,27)(H,23,24,25). The molecule has 1 aromatic carbocycles. The summed E-state index contributed by atoms with van der Waals surface area (Å²) in [5.41, 5.74) is 8.78. The molecule has 0 spiro atoms. The lowest BCUT2D eigenvalue weighted by Gasteiger charge is -2.13. The van der Waals surface area contributed by atoms with Crippen molar-refractivity contribution in [2.75, 3.05) is 11.9 Å². The maximum absolute atomic E-state index is 11.8. The second-order valence-electron chi connectivity index (χ2n) is 6.91. The number of fused-ring (bicyclic) bond motifs is 2. The Morgan fingerprint density at radius 3 is 3.00 bits per heavy atom. The zero-order valence-electron chi connectivity index (χ0n) is 15.8. The fourth-order valence-corrected chi connectivity index (χ4v) is 4.36. The van der Waals surface area contributed by atoms with E-state index >= 15 is 0 Å². The van der Waals surface area contributed by atoms with Crippen LogP contribution in [0.1, 0.15) is 26.5 Å². The van der Waals surface area contributed by atoms with Crippen LogP contribution in [0.4, 0.5) is 5.82 Å². The molecular formula is C21H19N5O2S. The highest BCUT2D eigenvalue weighted by Crippen LogP contribution is 2.32. The van der Waals surface area contributed by atoms with Gasteiger partial charge in [0.2, 0.25) is 17.7 Å². The Morgan fingerprint density at radius 2 is 2.21 bits per heavy atom. The van der Waals surface area contributed by atoms with Crippen LogP contribution >= 0.6 is 11.3 Å². The number of primary amides is 1. The SMILES string of the molecule is Cc1cc2c(C(N)=O)cccc2n1-c1nc(NCc2cccs2)c2c(n1)OCC2. The summed E-state index contributed by atoms with van der Waals surface area (Å²) in [6, 6.07) is 11.5. The van der Waals surface area contributed by atoms with Gasteiger partial charge in [0.25, 0.3) is 0 Å². The number of nitrogens with two attached hydrogens (primary N) is 1. The first-order chi connectivity index (χ1) is 14.1. The Kier molecular flexibility index (Phi) is 4.21. The molecule has 0 unspecified atom stereocenters. The average molecular weight is 405 g/mol. The van der Waals surface area contributed by atoms with Crippen molar-refractivity contribution < 1.29 is 9.53 Å². The second-order valence-corrected chi connectivity index (χ2v) is 7.94. The van der Waals surface area contributed by atoms with Gasteiger partial charge in [0.15, 0.2) is 0 Å². The molecule has 8 heteroatoms. The van der Waals surface area contributed by atoms with Crippen LogP contribution in [-0.2, 0) is 13.0 Å². The Labute approximate surface area is 171 Å². The van der Waals surface area contributed by atoms with E-state index in [9.17, 15) is 4.79 Å². The van der Waals surface area contributed by atoms with Crippen molar-refractivity contribution in [3.8, 4) is 11.8 Å². The summed E-state index contributed by atoms with van der Waals surface area (Å²) in [4.78, 5) is 22.5. The Morgan fingerprint density at radius 1 is 1.31 bits per heavy atom. The molecule has 29 heavy (non-hydrogen) atoms. The number of aryl methyl sites for hydroxylation is 1. The van der Waals surface area contributed by atoms with Gasteiger partial charge in [-0.05, 0) is 36.6 Å². The van der Waals surface area contributed by atoms with Gasteiger partial charge in [0.1, 0.15) is 5.82 Å². The van der Waals surface area contributed by atoms with Crippen LogP contribution in [0.25, 0.3) is 16.9 Å². The monoisotopic (exact) mass is 405 g/mol. The van der Waals surface area contributed by atoms with Gasteiger partial charge in [0.05, 0.1) is 24.2 Å². The minimum atomic E-state index is -0.454. The molecule has 0 fully saturated rings. The molecule has 146 valence electrons. The van der Waals surface area contributed by atoms with Crippen molar-refractivity contribution in [1.82, 2.24) is 14.5 Å². The molecule has 0 aliphatic carbocycles. The molecule has 5 rings (SSSR count). The van der Waals surface area contributed by atoms with E-state index in [1.165, 1.54) is 4.88 Å². The van der Waals surface area contributed by atoms with Gasteiger partial charge in [-0.1, -0.05) is 12.1 Å². The fraction of sp³-hybridized carbons (Fsp3) is 0.190. The molecule has 0 radical (unpaired) electrons. The number of rotatable bonds is 5. The number of ether oxygens (including phenoxy) is 1.